The zero-order chi connectivity index (χ0) is 16.7. The molecule has 0 aliphatic carbocycles. The van der Waals surface area contributed by atoms with Gasteiger partial charge in [-0.05, 0) is 49.7 Å². The molecule has 3 rings (SSSR count). The maximum absolute atomic E-state index is 11.3. The third kappa shape index (κ3) is 2.86. The van der Waals surface area contributed by atoms with Crippen LogP contribution < -0.4 is 5.32 Å². The first-order valence-electron chi connectivity index (χ1n) is 8.14. The number of fused-ring (bicyclic) bond motifs is 2. The van der Waals surface area contributed by atoms with Crippen molar-refractivity contribution in [3.63, 3.8) is 0 Å². The second-order valence-corrected chi connectivity index (χ2v) is 6.79. The minimum Gasteiger partial charge on any atom is -0.480 e. The molecule has 1 aliphatic heterocycles. The van der Waals surface area contributed by atoms with Gasteiger partial charge in [0.05, 0.1) is 0 Å². The van der Waals surface area contributed by atoms with Gasteiger partial charge in [-0.15, -0.1) is 0 Å². The molecule has 1 aromatic heterocycles. The topological polar surface area (TPSA) is 57.5 Å². The number of aliphatic carboxylic acids is 1. The van der Waals surface area contributed by atoms with Crippen LogP contribution in [0.15, 0.2) is 18.3 Å². The minimum absolute atomic E-state index is 0.496. The Labute approximate surface area is 136 Å². The average molecular weight is 315 g/mol. The molecule has 23 heavy (non-hydrogen) atoms. The van der Waals surface area contributed by atoms with E-state index in [4.69, 9.17) is 0 Å². The summed E-state index contributed by atoms with van der Waals surface area (Å²) in [6.45, 7) is 6.42. The summed E-state index contributed by atoms with van der Waals surface area (Å²) in [5.41, 5.74) is 5.04. The van der Waals surface area contributed by atoms with Crippen molar-refractivity contribution in [3.8, 4) is 0 Å². The van der Waals surface area contributed by atoms with Crippen LogP contribution in [0.5, 0.6) is 0 Å². The lowest BCUT2D eigenvalue weighted by molar-refractivity contribution is -0.139. The Kier molecular flexibility index (Phi) is 4.17. The summed E-state index contributed by atoms with van der Waals surface area (Å²) in [5, 5.41) is 13.3. The monoisotopic (exact) mass is 315 g/mol. The summed E-state index contributed by atoms with van der Waals surface area (Å²) in [6.07, 6.45) is 2.56. The molecule has 1 unspecified atom stereocenters. The highest BCUT2D eigenvalue weighted by molar-refractivity contribution is 5.86. The Bertz CT molecular complexity index is 748. The molecule has 1 aromatic carbocycles. The summed E-state index contributed by atoms with van der Waals surface area (Å²) in [7, 11) is 3.73. The van der Waals surface area contributed by atoms with E-state index in [-0.39, 0.29) is 0 Å². The number of benzene rings is 1. The lowest BCUT2D eigenvalue weighted by Gasteiger charge is -2.18. The van der Waals surface area contributed by atoms with Crippen LogP contribution in [0.25, 0.3) is 10.9 Å². The maximum Gasteiger partial charge on any atom is 0.321 e. The SMILES string of the molecule is CNC(Cc1cn(C)c2cc3c(cc12)CN(C(C)C)C3)C(=O)O. The Morgan fingerprint density at radius 2 is 1.96 bits per heavy atom. The van der Waals surface area contributed by atoms with Crippen LogP contribution in [0, 0.1) is 0 Å². The number of nitrogens with one attached hydrogen (secondary N) is 1. The van der Waals surface area contributed by atoms with Gasteiger partial charge in [0, 0.05) is 49.7 Å². The molecule has 124 valence electrons. The van der Waals surface area contributed by atoms with Crippen LogP contribution in [0.4, 0.5) is 0 Å². The first-order valence-corrected chi connectivity index (χ1v) is 8.14. The van der Waals surface area contributed by atoms with Crippen molar-refractivity contribution in [1.82, 2.24) is 14.8 Å². The van der Waals surface area contributed by atoms with Crippen molar-refractivity contribution < 1.29 is 9.90 Å². The van der Waals surface area contributed by atoms with E-state index in [0.29, 0.717) is 12.5 Å². The van der Waals surface area contributed by atoms with Gasteiger partial charge in [0.1, 0.15) is 6.04 Å². The molecule has 0 amide bonds. The number of carboxylic acids is 1. The van der Waals surface area contributed by atoms with Gasteiger partial charge in [-0.2, -0.15) is 0 Å². The lowest BCUT2D eigenvalue weighted by atomic mass is 10.0. The predicted octanol–water partition coefficient (Wildman–Crippen LogP) is 2.12. The summed E-state index contributed by atoms with van der Waals surface area (Å²) in [6, 6.07) is 4.51. The molecule has 0 saturated carbocycles. The average Bonchev–Trinajstić information content (AvgIpc) is 3.04. The highest BCUT2D eigenvalue weighted by Gasteiger charge is 2.24. The number of carboxylic acid groups (broad SMARTS) is 1. The third-order valence-corrected chi connectivity index (χ3v) is 4.94. The van der Waals surface area contributed by atoms with E-state index >= 15 is 0 Å². The molecule has 0 radical (unpaired) electrons. The van der Waals surface area contributed by atoms with E-state index in [1.54, 1.807) is 7.05 Å². The number of carbonyl (C=O) groups is 1. The van der Waals surface area contributed by atoms with Crippen molar-refractivity contribution in [2.24, 2.45) is 7.05 Å². The molecule has 0 spiro atoms. The molecule has 2 aromatic rings. The number of aromatic nitrogens is 1. The smallest absolute Gasteiger partial charge is 0.321 e. The van der Waals surface area contributed by atoms with Gasteiger partial charge in [0.15, 0.2) is 0 Å². The van der Waals surface area contributed by atoms with Gasteiger partial charge < -0.3 is 15.0 Å². The van der Waals surface area contributed by atoms with Crippen LogP contribution in [0.2, 0.25) is 0 Å². The van der Waals surface area contributed by atoms with Crippen LogP contribution >= 0.6 is 0 Å². The zero-order valence-corrected chi connectivity index (χ0v) is 14.3. The lowest BCUT2D eigenvalue weighted by Crippen LogP contribution is -2.35. The fourth-order valence-electron chi connectivity index (χ4n) is 3.45. The van der Waals surface area contributed by atoms with Crippen molar-refractivity contribution in [3.05, 3.63) is 35.0 Å². The number of hydrogen-bond acceptors (Lipinski definition) is 3. The first-order chi connectivity index (χ1) is 10.9. The zero-order valence-electron chi connectivity index (χ0n) is 14.3. The Morgan fingerprint density at radius 1 is 1.30 bits per heavy atom. The molecule has 0 saturated heterocycles. The summed E-state index contributed by atoms with van der Waals surface area (Å²) in [4.78, 5) is 13.8. The molecule has 5 heteroatoms. The molecule has 2 N–H and O–H groups in total. The van der Waals surface area contributed by atoms with Gasteiger partial charge in [0.25, 0.3) is 0 Å². The summed E-state index contributed by atoms with van der Waals surface area (Å²) in [5.74, 6) is -0.809. The van der Waals surface area contributed by atoms with E-state index < -0.39 is 12.0 Å². The van der Waals surface area contributed by atoms with Gasteiger partial charge in [-0.3, -0.25) is 9.69 Å². The Morgan fingerprint density at radius 3 is 2.52 bits per heavy atom. The second-order valence-electron chi connectivity index (χ2n) is 6.79. The van der Waals surface area contributed by atoms with Gasteiger partial charge in [-0.1, -0.05) is 0 Å². The standard InChI is InChI=1S/C18H25N3O2/c1-11(2)21-9-12-5-15-14(6-16(19-3)18(22)23)8-20(4)17(15)7-13(12)10-21/h5,7-8,11,16,19H,6,9-10H2,1-4H3,(H,22,23). The highest BCUT2D eigenvalue weighted by atomic mass is 16.4. The predicted molar refractivity (Wildman–Crippen MR) is 91.5 cm³/mol. The Balaban J connectivity index is 2.00. The largest absolute Gasteiger partial charge is 0.480 e. The van der Waals surface area contributed by atoms with Crippen molar-refractivity contribution in [1.29, 1.82) is 0 Å². The normalized spacial score (nSPS) is 16.2. The molecule has 2 heterocycles. The highest BCUT2D eigenvalue weighted by Crippen LogP contribution is 2.31. The quantitative estimate of drug-likeness (QED) is 0.887. The van der Waals surface area contributed by atoms with E-state index in [1.165, 1.54) is 22.0 Å². The van der Waals surface area contributed by atoms with E-state index in [9.17, 15) is 9.90 Å². The van der Waals surface area contributed by atoms with E-state index in [2.05, 4.69) is 47.0 Å². The molecule has 1 aliphatic rings. The second kappa shape index (κ2) is 5.98. The molecule has 0 bridgehead atoms. The number of nitrogens with zero attached hydrogens (tertiary/aromatic N) is 2. The molecular weight excluding hydrogens is 290 g/mol. The van der Waals surface area contributed by atoms with Crippen molar-refractivity contribution in [2.45, 2.75) is 45.4 Å². The molecule has 0 fully saturated rings. The summed E-state index contributed by atoms with van der Waals surface area (Å²) >= 11 is 0. The number of rotatable bonds is 5. The first kappa shape index (κ1) is 16.0. The maximum atomic E-state index is 11.3. The van der Waals surface area contributed by atoms with Crippen LogP contribution in [-0.2, 0) is 31.4 Å². The third-order valence-electron chi connectivity index (χ3n) is 4.94. The minimum atomic E-state index is -0.809. The number of hydrogen-bond donors (Lipinski definition) is 2. The number of aryl methyl sites for hydroxylation is 1. The fraction of sp³-hybridized carbons (Fsp3) is 0.500. The van der Waals surface area contributed by atoms with E-state index in [1.807, 2.05) is 7.05 Å². The Hall–Kier alpha value is -1.85. The van der Waals surface area contributed by atoms with Gasteiger partial charge >= 0.3 is 5.97 Å². The van der Waals surface area contributed by atoms with Crippen LogP contribution in [0.3, 0.4) is 0 Å². The van der Waals surface area contributed by atoms with Gasteiger partial charge in [-0.25, -0.2) is 0 Å². The van der Waals surface area contributed by atoms with Crippen molar-refractivity contribution in [2.75, 3.05) is 7.05 Å². The van der Waals surface area contributed by atoms with Crippen LogP contribution in [-0.4, -0.2) is 39.7 Å². The summed E-state index contributed by atoms with van der Waals surface area (Å²) < 4.78 is 2.11. The molecule has 5 nitrogen and oxygen atoms in total. The number of likely N-dealkylation sites (N-methyl/N-ethyl adjacent to an activating group) is 1. The molecule has 1 atom stereocenters. The van der Waals surface area contributed by atoms with Crippen molar-refractivity contribution >= 4 is 16.9 Å². The van der Waals surface area contributed by atoms with E-state index in [0.717, 1.165) is 18.7 Å². The molecular formula is C18H25N3O2. The fourth-order valence-corrected chi connectivity index (χ4v) is 3.45. The van der Waals surface area contributed by atoms with Crippen LogP contribution in [0.1, 0.15) is 30.5 Å². The van der Waals surface area contributed by atoms with Gasteiger partial charge in [0.2, 0.25) is 0 Å².